The van der Waals surface area contributed by atoms with Crippen molar-refractivity contribution >= 4 is 21.4 Å². The van der Waals surface area contributed by atoms with Crippen LogP contribution < -0.4 is 16.2 Å². The van der Waals surface area contributed by atoms with Gasteiger partial charge in [-0.15, -0.1) is 0 Å². The number of pyridine rings is 1. The number of para-hydroxylation sites is 1. The quantitative estimate of drug-likeness (QED) is 0.259. The van der Waals surface area contributed by atoms with Gasteiger partial charge in [-0.25, -0.2) is 14.3 Å². The smallest absolute Gasteiger partial charge is 0.266 e. The van der Waals surface area contributed by atoms with Crippen LogP contribution in [0.4, 0.5) is 5.69 Å². The molecule has 1 fully saturated rings. The molecule has 150 valence electrons. The molecule has 0 spiro atoms. The van der Waals surface area contributed by atoms with Gasteiger partial charge in [-0.1, -0.05) is 18.2 Å². The second kappa shape index (κ2) is 8.65. The highest BCUT2D eigenvalue weighted by atomic mass is 32.2. The molecule has 1 aliphatic heterocycles. The number of hydrazine groups is 1. The zero-order valence-electron chi connectivity index (χ0n) is 15.2. The Morgan fingerprint density at radius 3 is 2.46 bits per heavy atom. The van der Waals surface area contributed by atoms with Crippen LogP contribution in [0.5, 0.6) is 0 Å². The molecule has 1 unspecified atom stereocenters. The van der Waals surface area contributed by atoms with Gasteiger partial charge in [-0.2, -0.15) is 0 Å². The van der Waals surface area contributed by atoms with Gasteiger partial charge < -0.3 is 10.0 Å². The fourth-order valence-electron chi connectivity index (χ4n) is 2.99. The minimum atomic E-state index is -3.05. The Morgan fingerprint density at radius 2 is 1.89 bits per heavy atom. The highest BCUT2D eigenvalue weighted by Gasteiger charge is 2.30. The zero-order chi connectivity index (χ0) is 20.1. The van der Waals surface area contributed by atoms with E-state index in [9.17, 15) is 18.3 Å². The van der Waals surface area contributed by atoms with Gasteiger partial charge in [0.15, 0.2) is 16.2 Å². The van der Waals surface area contributed by atoms with Crippen molar-refractivity contribution in [3.05, 3.63) is 59.9 Å². The lowest BCUT2D eigenvalue weighted by Crippen LogP contribution is -2.53. The number of aromatic nitrogens is 1. The standard InChI is InChI=1S/C18H23N5O4S/c19-21-17(24)14-6-7-15(20-12-14)13-23(16-4-2-1-3-5-16)18(25)22-8-10-28(26,27)11-9-22/h1-7,12,18,25H,8-11,13,19H2,(H,21,24). The van der Waals surface area contributed by atoms with Gasteiger partial charge in [0.1, 0.15) is 0 Å². The molecule has 0 radical (unpaired) electrons. The molecule has 0 bridgehead atoms. The predicted molar refractivity (Wildman–Crippen MR) is 105 cm³/mol. The van der Waals surface area contributed by atoms with E-state index < -0.39 is 22.1 Å². The average Bonchev–Trinajstić information content (AvgIpc) is 2.72. The number of anilines is 1. The first-order valence-corrected chi connectivity index (χ1v) is 10.6. The second-order valence-corrected chi connectivity index (χ2v) is 8.81. The number of carbonyl (C=O) groups is 1. The Hall–Kier alpha value is -2.53. The molecule has 9 nitrogen and oxygen atoms in total. The van der Waals surface area contributed by atoms with Crippen LogP contribution in [0.3, 0.4) is 0 Å². The lowest BCUT2D eigenvalue weighted by atomic mass is 10.2. The maximum absolute atomic E-state index is 11.7. The van der Waals surface area contributed by atoms with Crippen molar-refractivity contribution in [2.75, 3.05) is 29.5 Å². The Labute approximate surface area is 163 Å². The number of nitrogens with one attached hydrogen (secondary N) is 1. The molecule has 28 heavy (non-hydrogen) atoms. The van der Waals surface area contributed by atoms with Crippen LogP contribution in [-0.4, -0.2) is 60.3 Å². The summed E-state index contributed by atoms with van der Waals surface area (Å²) < 4.78 is 23.4. The maximum Gasteiger partial charge on any atom is 0.266 e. The molecule has 10 heteroatoms. The second-order valence-electron chi connectivity index (χ2n) is 6.51. The van der Waals surface area contributed by atoms with Crippen molar-refractivity contribution < 1.29 is 18.3 Å². The van der Waals surface area contributed by atoms with E-state index in [4.69, 9.17) is 5.84 Å². The molecule has 1 atom stereocenters. The van der Waals surface area contributed by atoms with Crippen LogP contribution in [0.2, 0.25) is 0 Å². The average molecular weight is 405 g/mol. The third-order valence-corrected chi connectivity index (χ3v) is 6.23. The number of aliphatic hydroxyl groups excluding tert-OH is 1. The number of hydrogen-bond acceptors (Lipinski definition) is 8. The first-order chi connectivity index (χ1) is 13.4. The van der Waals surface area contributed by atoms with Gasteiger partial charge in [0.2, 0.25) is 0 Å². The highest BCUT2D eigenvalue weighted by molar-refractivity contribution is 7.91. The minimum absolute atomic E-state index is 0.0217. The van der Waals surface area contributed by atoms with Gasteiger partial charge in [0.25, 0.3) is 5.91 Å². The fourth-order valence-corrected chi connectivity index (χ4v) is 4.22. The SMILES string of the molecule is NNC(=O)c1ccc(CN(c2ccccc2)C(O)N2CCS(=O)(=O)CC2)nc1. The number of benzene rings is 1. The number of amides is 1. The van der Waals surface area contributed by atoms with E-state index in [1.54, 1.807) is 21.9 Å². The summed E-state index contributed by atoms with van der Waals surface area (Å²) in [4.78, 5) is 19.3. The van der Waals surface area contributed by atoms with Crippen molar-refractivity contribution in [3.63, 3.8) is 0 Å². The Bertz CT molecular complexity index is 891. The molecule has 4 N–H and O–H groups in total. The van der Waals surface area contributed by atoms with Gasteiger partial charge in [0, 0.05) is 25.0 Å². The largest absolute Gasteiger partial charge is 0.361 e. The highest BCUT2D eigenvalue weighted by Crippen LogP contribution is 2.21. The topological polar surface area (TPSA) is 129 Å². The summed E-state index contributed by atoms with van der Waals surface area (Å²) in [6, 6.07) is 12.6. The molecule has 2 heterocycles. The lowest BCUT2D eigenvalue weighted by molar-refractivity contribution is 0.00584. The minimum Gasteiger partial charge on any atom is -0.361 e. The Morgan fingerprint density at radius 1 is 1.21 bits per heavy atom. The molecule has 1 saturated heterocycles. The van der Waals surface area contributed by atoms with Crippen LogP contribution in [0.25, 0.3) is 0 Å². The van der Waals surface area contributed by atoms with E-state index >= 15 is 0 Å². The van der Waals surface area contributed by atoms with Gasteiger partial charge >= 0.3 is 0 Å². The van der Waals surface area contributed by atoms with Crippen molar-refractivity contribution in [3.8, 4) is 0 Å². The summed E-state index contributed by atoms with van der Waals surface area (Å²) >= 11 is 0. The van der Waals surface area contributed by atoms with E-state index in [-0.39, 0.29) is 31.1 Å². The molecule has 1 aromatic heterocycles. The number of nitrogens with zero attached hydrogens (tertiary/aromatic N) is 3. The maximum atomic E-state index is 11.7. The Kier molecular flexibility index (Phi) is 6.25. The molecule has 3 rings (SSSR count). The van der Waals surface area contributed by atoms with Gasteiger partial charge in [-0.05, 0) is 24.3 Å². The third kappa shape index (κ3) is 4.84. The number of nitrogens with two attached hydrogens (primary N) is 1. The number of aliphatic hydroxyl groups is 1. The molecular formula is C18H23N5O4S. The van der Waals surface area contributed by atoms with Crippen LogP contribution in [-0.2, 0) is 16.4 Å². The van der Waals surface area contributed by atoms with Gasteiger partial charge in [-0.3, -0.25) is 20.1 Å². The van der Waals surface area contributed by atoms with Crippen molar-refractivity contribution in [1.29, 1.82) is 0 Å². The predicted octanol–water partition coefficient (Wildman–Crippen LogP) is -0.302. The first kappa shape index (κ1) is 20.2. The van der Waals surface area contributed by atoms with Crippen molar-refractivity contribution in [2.24, 2.45) is 5.84 Å². The van der Waals surface area contributed by atoms with E-state index in [0.29, 0.717) is 11.3 Å². The summed E-state index contributed by atoms with van der Waals surface area (Å²) in [6.45, 7) is 0.796. The number of sulfone groups is 1. The van der Waals surface area contributed by atoms with Crippen molar-refractivity contribution in [1.82, 2.24) is 15.3 Å². The van der Waals surface area contributed by atoms with Crippen LogP contribution in [0.1, 0.15) is 16.1 Å². The number of carbonyl (C=O) groups excluding carboxylic acids is 1. The van der Waals surface area contributed by atoms with Crippen LogP contribution in [0, 0.1) is 0 Å². The molecular weight excluding hydrogens is 382 g/mol. The number of nitrogen functional groups attached to an aromatic ring is 1. The van der Waals surface area contributed by atoms with E-state index in [0.717, 1.165) is 5.69 Å². The van der Waals surface area contributed by atoms with E-state index in [1.807, 2.05) is 30.3 Å². The molecule has 2 aromatic rings. The van der Waals surface area contributed by atoms with Gasteiger partial charge in [0.05, 0.1) is 29.3 Å². The summed E-state index contributed by atoms with van der Waals surface area (Å²) in [5.74, 6) is 4.73. The summed E-state index contributed by atoms with van der Waals surface area (Å²) in [7, 11) is -3.05. The van der Waals surface area contributed by atoms with Crippen LogP contribution >= 0.6 is 0 Å². The molecule has 0 saturated carbocycles. The molecule has 1 aliphatic rings. The summed E-state index contributed by atoms with van der Waals surface area (Å²) in [5.41, 5.74) is 3.79. The number of rotatable bonds is 6. The first-order valence-electron chi connectivity index (χ1n) is 8.80. The van der Waals surface area contributed by atoms with E-state index in [2.05, 4.69) is 10.4 Å². The molecule has 1 aromatic carbocycles. The third-order valence-electron chi connectivity index (χ3n) is 4.62. The normalized spacial score (nSPS) is 17.6. The van der Waals surface area contributed by atoms with Crippen LogP contribution in [0.15, 0.2) is 48.7 Å². The molecule has 0 aliphatic carbocycles. The summed E-state index contributed by atoms with van der Waals surface area (Å²) in [6.07, 6.45) is 0.410. The number of hydrogen-bond donors (Lipinski definition) is 3. The van der Waals surface area contributed by atoms with E-state index in [1.165, 1.54) is 6.20 Å². The lowest BCUT2D eigenvalue weighted by Gasteiger charge is -2.39. The summed E-state index contributed by atoms with van der Waals surface area (Å²) in [5, 5.41) is 10.9. The Balaban J connectivity index is 1.81. The zero-order valence-corrected chi connectivity index (χ0v) is 16.0. The van der Waals surface area contributed by atoms with Crippen molar-refractivity contribution in [2.45, 2.75) is 12.9 Å². The molecule has 1 amide bonds. The monoisotopic (exact) mass is 405 g/mol. The fraction of sp³-hybridized carbons (Fsp3) is 0.333.